The van der Waals surface area contributed by atoms with E-state index in [1.54, 1.807) is 6.92 Å². The molecule has 1 aromatic heterocycles. The first-order chi connectivity index (χ1) is 16.6. The third kappa shape index (κ3) is 4.88. The molecule has 180 valence electrons. The van der Waals surface area contributed by atoms with Crippen LogP contribution in [0.3, 0.4) is 0 Å². The van der Waals surface area contributed by atoms with Crippen molar-refractivity contribution in [2.45, 2.75) is 57.9 Å². The molecule has 7 nitrogen and oxygen atoms in total. The van der Waals surface area contributed by atoms with Gasteiger partial charge in [-0.05, 0) is 67.9 Å². The summed E-state index contributed by atoms with van der Waals surface area (Å²) < 4.78 is 5.75. The van der Waals surface area contributed by atoms with Crippen LogP contribution < -0.4 is 10.1 Å². The van der Waals surface area contributed by atoms with Gasteiger partial charge < -0.3 is 19.9 Å². The Balaban J connectivity index is 1.24. The summed E-state index contributed by atoms with van der Waals surface area (Å²) in [6.07, 6.45) is 6.11. The Kier molecular flexibility index (Phi) is 6.70. The van der Waals surface area contributed by atoms with Crippen molar-refractivity contribution in [3.05, 3.63) is 52.7 Å². The molecule has 1 unspecified atom stereocenters. The van der Waals surface area contributed by atoms with E-state index in [4.69, 9.17) is 9.72 Å². The van der Waals surface area contributed by atoms with Crippen LogP contribution in [0.4, 0.5) is 10.6 Å². The van der Waals surface area contributed by atoms with E-state index in [1.807, 2.05) is 15.9 Å². The lowest BCUT2D eigenvalue weighted by molar-refractivity contribution is -0.118. The standard InChI is InChI=1S/C27H34N4O3/c1-19(32)17-24(22-8-7-20-11-16-34-25(20)18-22)31-15-4-14-30(27(31)33)13-3-6-23-10-9-21-5-2-12-28-26(21)29-23/h7-10,18,24H,2-6,11-17H2,1H3,(H,28,29). The molecule has 7 heteroatoms. The predicted octanol–water partition coefficient (Wildman–Crippen LogP) is 4.16. The number of nitrogens with one attached hydrogen (secondary N) is 1. The topological polar surface area (TPSA) is 74.8 Å². The SMILES string of the molecule is CC(=O)CC(c1ccc2c(c1)OCC2)N1CCCN(CCCc2ccc3c(n2)NCCC3)C1=O. The Labute approximate surface area is 201 Å². The predicted molar refractivity (Wildman–Crippen MR) is 131 cm³/mol. The second-order valence-electron chi connectivity index (χ2n) is 9.65. The molecule has 0 spiro atoms. The van der Waals surface area contributed by atoms with Crippen LogP contribution in [0.25, 0.3) is 0 Å². The summed E-state index contributed by atoms with van der Waals surface area (Å²) in [6.45, 7) is 5.41. The van der Waals surface area contributed by atoms with Crippen molar-refractivity contribution in [1.29, 1.82) is 0 Å². The zero-order valence-corrected chi connectivity index (χ0v) is 20.0. The molecule has 4 heterocycles. The molecule has 0 aliphatic carbocycles. The number of carbonyl (C=O) groups excluding carboxylic acids is 2. The maximum atomic E-state index is 13.5. The molecule has 2 aromatic rings. The smallest absolute Gasteiger partial charge is 0.320 e. The van der Waals surface area contributed by atoms with Gasteiger partial charge in [-0.15, -0.1) is 0 Å². The number of aryl methyl sites for hydroxylation is 2. The van der Waals surface area contributed by atoms with Crippen LogP contribution in [-0.2, 0) is 24.1 Å². The number of benzene rings is 1. The molecule has 0 radical (unpaired) electrons. The van der Waals surface area contributed by atoms with Gasteiger partial charge in [0.15, 0.2) is 0 Å². The van der Waals surface area contributed by atoms with Gasteiger partial charge in [0.25, 0.3) is 0 Å². The van der Waals surface area contributed by atoms with Crippen molar-refractivity contribution >= 4 is 17.6 Å². The minimum absolute atomic E-state index is 0.0268. The number of fused-ring (bicyclic) bond motifs is 2. The molecule has 0 bridgehead atoms. The van der Waals surface area contributed by atoms with Gasteiger partial charge in [0.1, 0.15) is 17.4 Å². The number of carbonyl (C=O) groups is 2. The number of anilines is 1. The summed E-state index contributed by atoms with van der Waals surface area (Å²) in [6, 6.07) is 10.2. The second kappa shape index (κ2) is 10.0. The Morgan fingerprint density at radius 2 is 2.03 bits per heavy atom. The molecule has 0 saturated carbocycles. The van der Waals surface area contributed by atoms with Crippen LogP contribution in [0, 0.1) is 0 Å². The fourth-order valence-corrected chi connectivity index (χ4v) is 5.33. The molecular weight excluding hydrogens is 428 g/mol. The Morgan fingerprint density at radius 3 is 2.91 bits per heavy atom. The Hall–Kier alpha value is -3.09. The number of ether oxygens (including phenoxy) is 1. The molecule has 1 atom stereocenters. The van der Waals surface area contributed by atoms with Crippen LogP contribution >= 0.6 is 0 Å². The van der Waals surface area contributed by atoms with Crippen molar-refractivity contribution < 1.29 is 14.3 Å². The highest BCUT2D eigenvalue weighted by Crippen LogP contribution is 2.34. The molecule has 3 aliphatic heterocycles. The average Bonchev–Trinajstić information content (AvgIpc) is 3.32. The zero-order valence-electron chi connectivity index (χ0n) is 20.0. The molecule has 1 N–H and O–H groups in total. The first-order valence-corrected chi connectivity index (χ1v) is 12.6. The summed E-state index contributed by atoms with van der Waals surface area (Å²) >= 11 is 0. The zero-order chi connectivity index (χ0) is 23.5. The van der Waals surface area contributed by atoms with Gasteiger partial charge in [0.05, 0.1) is 12.6 Å². The van der Waals surface area contributed by atoms with Crippen LogP contribution in [-0.4, -0.2) is 59.4 Å². The number of aromatic nitrogens is 1. The number of nitrogens with zero attached hydrogens (tertiary/aromatic N) is 3. The molecule has 1 saturated heterocycles. The van der Waals surface area contributed by atoms with Crippen LogP contribution in [0.1, 0.15) is 61.0 Å². The Bertz CT molecular complexity index is 1070. The van der Waals surface area contributed by atoms with Crippen LogP contribution in [0.5, 0.6) is 5.75 Å². The summed E-state index contributed by atoms with van der Waals surface area (Å²) in [5.74, 6) is 2.00. The number of urea groups is 1. The number of hydrogen-bond donors (Lipinski definition) is 1. The summed E-state index contributed by atoms with van der Waals surface area (Å²) in [7, 11) is 0. The van der Waals surface area contributed by atoms with Gasteiger partial charge in [0, 0.05) is 44.7 Å². The van der Waals surface area contributed by atoms with E-state index in [-0.39, 0.29) is 17.9 Å². The van der Waals surface area contributed by atoms with Crippen molar-refractivity contribution in [1.82, 2.24) is 14.8 Å². The summed E-state index contributed by atoms with van der Waals surface area (Å²) in [5.41, 5.74) is 4.55. The van der Waals surface area contributed by atoms with E-state index in [2.05, 4.69) is 29.6 Å². The minimum Gasteiger partial charge on any atom is -0.493 e. The van der Waals surface area contributed by atoms with Crippen molar-refractivity contribution in [3.63, 3.8) is 0 Å². The lowest BCUT2D eigenvalue weighted by atomic mass is 9.97. The van der Waals surface area contributed by atoms with Gasteiger partial charge >= 0.3 is 6.03 Å². The fourth-order valence-electron chi connectivity index (χ4n) is 5.33. The van der Waals surface area contributed by atoms with E-state index in [9.17, 15) is 9.59 Å². The van der Waals surface area contributed by atoms with Gasteiger partial charge in [-0.25, -0.2) is 9.78 Å². The number of rotatable bonds is 8. The lowest BCUT2D eigenvalue weighted by Crippen LogP contribution is -2.51. The van der Waals surface area contributed by atoms with E-state index < -0.39 is 0 Å². The maximum absolute atomic E-state index is 13.5. The van der Waals surface area contributed by atoms with Gasteiger partial charge in [-0.2, -0.15) is 0 Å². The highest BCUT2D eigenvalue weighted by Gasteiger charge is 2.33. The third-order valence-electron chi connectivity index (χ3n) is 7.12. The fraction of sp³-hybridized carbons (Fsp3) is 0.519. The number of Topliss-reactive ketones (excluding diaryl/α,β-unsaturated/α-hetero) is 1. The van der Waals surface area contributed by atoms with Crippen molar-refractivity contribution in [2.75, 3.05) is 38.1 Å². The normalized spacial score (nSPS) is 18.1. The second-order valence-corrected chi connectivity index (χ2v) is 9.65. The van der Waals surface area contributed by atoms with E-state index >= 15 is 0 Å². The lowest BCUT2D eigenvalue weighted by Gasteiger charge is -2.40. The van der Waals surface area contributed by atoms with Gasteiger partial charge in [-0.1, -0.05) is 18.2 Å². The highest BCUT2D eigenvalue weighted by atomic mass is 16.5. The van der Waals surface area contributed by atoms with Crippen molar-refractivity contribution in [2.24, 2.45) is 0 Å². The minimum atomic E-state index is -0.254. The quantitative estimate of drug-likeness (QED) is 0.638. The summed E-state index contributed by atoms with van der Waals surface area (Å²) in [5, 5.41) is 3.40. The van der Waals surface area contributed by atoms with E-state index in [0.717, 1.165) is 74.4 Å². The molecule has 3 aliphatic rings. The first-order valence-electron chi connectivity index (χ1n) is 12.6. The van der Waals surface area contributed by atoms with E-state index in [1.165, 1.54) is 11.1 Å². The van der Waals surface area contributed by atoms with Gasteiger partial charge in [-0.3, -0.25) is 4.79 Å². The monoisotopic (exact) mass is 462 g/mol. The molecule has 1 fully saturated rings. The van der Waals surface area contributed by atoms with Gasteiger partial charge in [0.2, 0.25) is 0 Å². The number of amides is 2. The summed E-state index contributed by atoms with van der Waals surface area (Å²) in [4.78, 5) is 34.2. The van der Waals surface area contributed by atoms with Crippen LogP contribution in [0.2, 0.25) is 0 Å². The Morgan fingerprint density at radius 1 is 1.15 bits per heavy atom. The number of hydrogen-bond acceptors (Lipinski definition) is 5. The third-order valence-corrected chi connectivity index (χ3v) is 7.12. The molecule has 5 rings (SSSR count). The largest absolute Gasteiger partial charge is 0.493 e. The first kappa shape index (κ1) is 22.7. The maximum Gasteiger partial charge on any atom is 0.320 e. The number of ketones is 1. The van der Waals surface area contributed by atoms with Crippen LogP contribution in [0.15, 0.2) is 30.3 Å². The van der Waals surface area contributed by atoms with Crippen molar-refractivity contribution in [3.8, 4) is 5.75 Å². The number of pyridine rings is 1. The molecule has 34 heavy (non-hydrogen) atoms. The molecule has 2 amide bonds. The van der Waals surface area contributed by atoms with E-state index in [0.29, 0.717) is 26.1 Å². The molecule has 1 aromatic carbocycles. The highest BCUT2D eigenvalue weighted by molar-refractivity contribution is 5.79. The molecular formula is C27H34N4O3. The average molecular weight is 463 g/mol.